The van der Waals surface area contributed by atoms with Gasteiger partial charge in [0.2, 0.25) is 5.91 Å². The number of thioether (sulfide) groups is 1. The van der Waals surface area contributed by atoms with Crippen LogP contribution >= 0.6 is 11.8 Å². The summed E-state index contributed by atoms with van der Waals surface area (Å²) in [5.41, 5.74) is 0.639. The van der Waals surface area contributed by atoms with E-state index in [9.17, 15) is 24.6 Å². The summed E-state index contributed by atoms with van der Waals surface area (Å²) in [7, 11) is 1.57. The molecule has 1 aromatic carbocycles. The Hall–Kier alpha value is -2.52. The number of rotatable bonds is 10. The molecule has 0 aromatic heterocycles. The molecule has 190 valence electrons. The number of hydrogen-bond acceptors (Lipinski definition) is 6. The Labute approximate surface area is 210 Å². The normalized spacial score (nSPS) is 29.9. The lowest BCUT2D eigenvalue weighted by molar-refractivity contribution is -0.149. The quantitative estimate of drug-likeness (QED) is 0.474. The highest BCUT2D eigenvalue weighted by Gasteiger charge is 2.74. The van der Waals surface area contributed by atoms with Crippen molar-refractivity contribution in [1.29, 1.82) is 0 Å². The Bertz CT molecular complexity index is 998. The molecule has 0 saturated carbocycles. The first-order valence-electron chi connectivity index (χ1n) is 12.1. The van der Waals surface area contributed by atoms with Crippen LogP contribution in [0.4, 0.5) is 5.69 Å². The smallest absolute Gasteiger partial charge is 0.308 e. The molecule has 4 rings (SSSR count). The summed E-state index contributed by atoms with van der Waals surface area (Å²) < 4.78 is 4.43. The van der Waals surface area contributed by atoms with Gasteiger partial charge in [0.05, 0.1) is 36.3 Å². The fourth-order valence-electron chi connectivity index (χ4n) is 6.23. The molecule has 0 aliphatic carbocycles. The van der Waals surface area contributed by atoms with Crippen molar-refractivity contribution < 1.29 is 29.3 Å². The third kappa shape index (κ3) is 4.12. The van der Waals surface area contributed by atoms with Crippen molar-refractivity contribution in [2.45, 2.75) is 55.2 Å². The number of amides is 2. The minimum atomic E-state index is -0.988. The number of carbonyl (C=O) groups is 3. The molecule has 35 heavy (non-hydrogen) atoms. The molecule has 0 radical (unpaired) electrons. The van der Waals surface area contributed by atoms with Crippen LogP contribution in [-0.2, 0) is 14.4 Å². The first-order chi connectivity index (χ1) is 16.7. The van der Waals surface area contributed by atoms with Gasteiger partial charge < -0.3 is 24.7 Å². The van der Waals surface area contributed by atoms with E-state index in [-0.39, 0.29) is 36.1 Å². The van der Waals surface area contributed by atoms with E-state index in [0.717, 1.165) is 0 Å². The molecule has 1 aromatic rings. The van der Waals surface area contributed by atoms with Crippen molar-refractivity contribution in [2.75, 3.05) is 25.2 Å². The monoisotopic (exact) mass is 502 g/mol. The number of fused-ring (bicyclic) bond motifs is 1. The van der Waals surface area contributed by atoms with Crippen LogP contribution in [0, 0.1) is 17.8 Å². The topological polar surface area (TPSA) is 107 Å². The van der Waals surface area contributed by atoms with Crippen LogP contribution in [0.1, 0.15) is 33.1 Å². The van der Waals surface area contributed by atoms with Crippen molar-refractivity contribution in [2.24, 2.45) is 17.8 Å². The lowest BCUT2D eigenvalue weighted by Crippen LogP contribution is -2.57. The summed E-state index contributed by atoms with van der Waals surface area (Å²) in [6.07, 6.45) is 3.40. The number of benzene rings is 1. The van der Waals surface area contributed by atoms with Crippen LogP contribution in [0.25, 0.3) is 0 Å². The first kappa shape index (κ1) is 25.6. The first-order valence-corrected chi connectivity index (χ1v) is 13.0. The minimum absolute atomic E-state index is 0.179. The highest BCUT2D eigenvalue weighted by atomic mass is 32.2. The Kier molecular flexibility index (Phi) is 7.20. The number of carboxylic acids is 1. The zero-order valence-electron chi connectivity index (χ0n) is 20.4. The molecule has 2 unspecified atom stereocenters. The summed E-state index contributed by atoms with van der Waals surface area (Å²) in [6, 6.07) is 5.68. The molecule has 2 N–H and O–H groups in total. The molecular weight excluding hydrogens is 468 g/mol. The number of aliphatic carboxylic acids is 1. The molecule has 3 heterocycles. The van der Waals surface area contributed by atoms with Gasteiger partial charge in [0.15, 0.2) is 0 Å². The van der Waals surface area contributed by atoms with Gasteiger partial charge in [-0.3, -0.25) is 14.4 Å². The average molecular weight is 503 g/mol. The lowest BCUT2D eigenvalue weighted by Gasteiger charge is -2.40. The van der Waals surface area contributed by atoms with Crippen molar-refractivity contribution in [3.63, 3.8) is 0 Å². The van der Waals surface area contributed by atoms with Gasteiger partial charge >= 0.3 is 5.97 Å². The van der Waals surface area contributed by atoms with Gasteiger partial charge in [0.25, 0.3) is 5.91 Å². The molecule has 3 aliphatic heterocycles. The van der Waals surface area contributed by atoms with Crippen LogP contribution in [0.15, 0.2) is 36.9 Å². The molecule has 2 bridgehead atoms. The number of likely N-dealkylation sites (tertiary alicyclic amines) is 1. The average Bonchev–Trinajstić information content (AvgIpc) is 3.48. The van der Waals surface area contributed by atoms with Gasteiger partial charge in [-0.2, -0.15) is 0 Å². The maximum atomic E-state index is 14.4. The van der Waals surface area contributed by atoms with Gasteiger partial charge in [-0.15, -0.1) is 18.3 Å². The Morgan fingerprint density at radius 3 is 2.57 bits per heavy atom. The van der Waals surface area contributed by atoms with E-state index < -0.39 is 34.6 Å². The fraction of sp³-hybridized carbons (Fsp3) is 0.577. The van der Waals surface area contributed by atoms with E-state index in [2.05, 4.69) is 6.58 Å². The highest BCUT2D eigenvalue weighted by Crippen LogP contribution is 2.66. The Morgan fingerprint density at radius 1 is 1.34 bits per heavy atom. The van der Waals surface area contributed by atoms with Crippen LogP contribution in [-0.4, -0.2) is 75.2 Å². The van der Waals surface area contributed by atoms with E-state index in [4.69, 9.17) is 4.74 Å². The zero-order chi connectivity index (χ0) is 25.5. The zero-order valence-corrected chi connectivity index (χ0v) is 21.2. The second-order valence-electron chi connectivity index (χ2n) is 10.0. The van der Waals surface area contributed by atoms with Crippen LogP contribution in [0.5, 0.6) is 5.75 Å². The summed E-state index contributed by atoms with van der Waals surface area (Å²) in [5.74, 6) is -2.35. The molecule has 2 amide bonds. The summed E-state index contributed by atoms with van der Waals surface area (Å²) in [4.78, 5) is 43.7. The summed E-state index contributed by atoms with van der Waals surface area (Å²) >= 11 is 1.50. The third-order valence-electron chi connectivity index (χ3n) is 7.57. The van der Waals surface area contributed by atoms with Crippen molar-refractivity contribution >= 4 is 35.2 Å². The number of aliphatic hydroxyl groups excluding tert-OH is 1. The van der Waals surface area contributed by atoms with E-state index >= 15 is 0 Å². The second-order valence-corrected chi connectivity index (χ2v) is 11.6. The number of hydrogen-bond donors (Lipinski definition) is 2. The van der Waals surface area contributed by atoms with E-state index in [1.807, 2.05) is 13.8 Å². The van der Waals surface area contributed by atoms with Crippen molar-refractivity contribution in [1.82, 2.24) is 4.90 Å². The molecule has 6 atom stereocenters. The third-order valence-corrected chi connectivity index (χ3v) is 9.52. The highest BCUT2D eigenvalue weighted by molar-refractivity contribution is 8.02. The van der Waals surface area contributed by atoms with E-state index in [1.165, 1.54) is 16.7 Å². The molecule has 8 nitrogen and oxygen atoms in total. The van der Waals surface area contributed by atoms with Crippen molar-refractivity contribution in [3.8, 4) is 5.75 Å². The number of carbonyl (C=O) groups excluding carboxylic acids is 2. The van der Waals surface area contributed by atoms with Gasteiger partial charge in [0.1, 0.15) is 11.8 Å². The Balaban J connectivity index is 1.81. The number of anilines is 1. The lowest BCUT2D eigenvalue weighted by atomic mass is 9.71. The number of methoxy groups -OCH3 is 1. The predicted octanol–water partition coefficient (Wildman–Crippen LogP) is 2.80. The number of carboxylic acid groups (broad SMARTS) is 1. The van der Waals surface area contributed by atoms with Crippen LogP contribution in [0.3, 0.4) is 0 Å². The molecule has 1 spiro atoms. The molecule has 9 heteroatoms. The van der Waals surface area contributed by atoms with Crippen LogP contribution in [0.2, 0.25) is 0 Å². The van der Waals surface area contributed by atoms with Crippen molar-refractivity contribution in [3.05, 3.63) is 36.9 Å². The predicted molar refractivity (Wildman–Crippen MR) is 134 cm³/mol. The summed E-state index contributed by atoms with van der Waals surface area (Å²) in [6.45, 7) is 7.77. The Morgan fingerprint density at radius 2 is 2.03 bits per heavy atom. The number of nitrogens with zero attached hydrogens (tertiary/aromatic N) is 2. The van der Waals surface area contributed by atoms with Crippen LogP contribution < -0.4 is 9.64 Å². The molecular formula is C26H34N2O6S. The standard InChI is InChI=1S/C26H34N2O6S/c1-5-12-27(16-6-8-18(34-4)9-7-16)24(31)22-26-11-10-19(35-26)20(25(32)33)21(26)23(30)28(22)17(14-29)13-15(2)3/h5-9,15,17,19-22,29H,1,10-14H2,2-4H3,(H,32,33)/t17-,19-,20+,21+,22?,26?/m1/s1. The van der Waals surface area contributed by atoms with Gasteiger partial charge in [-0.1, -0.05) is 19.9 Å². The molecule has 3 fully saturated rings. The largest absolute Gasteiger partial charge is 0.497 e. The van der Waals surface area contributed by atoms with Gasteiger partial charge in [0, 0.05) is 17.5 Å². The maximum absolute atomic E-state index is 14.4. The van der Waals surface area contributed by atoms with Gasteiger partial charge in [-0.25, -0.2) is 0 Å². The van der Waals surface area contributed by atoms with E-state index in [0.29, 0.717) is 30.7 Å². The molecule has 3 aliphatic rings. The van der Waals surface area contributed by atoms with Gasteiger partial charge in [-0.05, 0) is 49.4 Å². The SMILES string of the molecule is C=CCN(C(=O)C1N([C@@H](CO)CC(C)C)C(=O)[C@@H]2[C@@H](C(=O)O)[C@H]3CCC12S3)c1ccc(OC)cc1. The maximum Gasteiger partial charge on any atom is 0.308 e. The van der Waals surface area contributed by atoms with E-state index in [1.54, 1.807) is 42.4 Å². The molecule has 3 saturated heterocycles. The minimum Gasteiger partial charge on any atom is -0.497 e. The second kappa shape index (κ2) is 9.85. The number of ether oxygens (including phenoxy) is 1. The fourth-order valence-corrected chi connectivity index (χ4v) is 8.42. The number of aliphatic hydroxyl groups is 1. The summed E-state index contributed by atoms with van der Waals surface area (Å²) in [5, 5.41) is 20.1.